The molecule has 5 rings (SSSR count). The molecular weight excluding hydrogens is 568 g/mol. The van der Waals surface area contributed by atoms with Crippen LogP contribution in [0.25, 0.3) is 0 Å². The van der Waals surface area contributed by atoms with Gasteiger partial charge in [-0.2, -0.15) is 0 Å². The Hall–Kier alpha value is -4.36. The van der Waals surface area contributed by atoms with E-state index in [1.54, 1.807) is 25.2 Å². The minimum Gasteiger partial charge on any atom is -0.502 e. The van der Waals surface area contributed by atoms with Crippen LogP contribution in [0.4, 0.5) is 0 Å². The van der Waals surface area contributed by atoms with E-state index in [0.29, 0.717) is 12.8 Å². The van der Waals surface area contributed by atoms with Crippen LogP contribution in [0.15, 0.2) is 82.0 Å². The summed E-state index contributed by atoms with van der Waals surface area (Å²) in [4.78, 5) is 51.6. The third-order valence-electron chi connectivity index (χ3n) is 10.2. The SMILES string of the molecule is CC(=O)OC(CC1=C(O)C(=O)OC1)C1(C)C2CCC=C(C)C2(C)C(OC(=O)C2=CC=C=C2)C(OC(=O)C2=CC=C=C2)C1(C)O. The van der Waals surface area contributed by atoms with Crippen LogP contribution in [0.1, 0.15) is 53.9 Å². The van der Waals surface area contributed by atoms with Gasteiger partial charge in [-0.1, -0.05) is 25.5 Å². The molecule has 1 fully saturated rings. The van der Waals surface area contributed by atoms with E-state index in [0.717, 1.165) is 5.57 Å². The first-order valence-corrected chi connectivity index (χ1v) is 14.5. The molecule has 0 saturated heterocycles. The summed E-state index contributed by atoms with van der Waals surface area (Å²) in [6.45, 7) is 8.05. The Morgan fingerprint density at radius 3 is 2.14 bits per heavy atom. The van der Waals surface area contributed by atoms with Gasteiger partial charge in [0.1, 0.15) is 18.3 Å². The maximum Gasteiger partial charge on any atom is 0.373 e. The first-order valence-electron chi connectivity index (χ1n) is 14.5. The standard InChI is InChI=1S/C34H36O10/c1-19-11-10-16-24-32(19,3)27(43-29(37)21-12-6-7-13-21)28(44-30(38)22-14-8-9-15-22)34(5,40)33(24,4)25(42-20(2)35)17-23-18-41-31(39)26(23)36/h6,8,11-15,24-25,27-28,36,40H,10,16-18H2,1-5H3. The molecule has 7 atom stereocenters. The van der Waals surface area contributed by atoms with Crippen molar-refractivity contribution >= 4 is 23.9 Å². The smallest absolute Gasteiger partial charge is 0.373 e. The van der Waals surface area contributed by atoms with Gasteiger partial charge in [-0.25, -0.2) is 14.4 Å². The number of aliphatic hydroxyl groups is 2. The van der Waals surface area contributed by atoms with Crippen molar-refractivity contribution in [2.24, 2.45) is 16.7 Å². The molecule has 0 aromatic carbocycles. The Bertz CT molecular complexity index is 1570. The Balaban J connectivity index is 1.68. The number of hydrogen-bond donors (Lipinski definition) is 2. The Morgan fingerprint density at radius 1 is 1.05 bits per heavy atom. The number of rotatable bonds is 8. The largest absolute Gasteiger partial charge is 0.502 e. The van der Waals surface area contributed by atoms with Crippen LogP contribution < -0.4 is 0 Å². The van der Waals surface area contributed by atoms with Crippen LogP contribution in [0, 0.1) is 16.7 Å². The van der Waals surface area contributed by atoms with Gasteiger partial charge < -0.3 is 29.2 Å². The van der Waals surface area contributed by atoms with Crippen molar-refractivity contribution in [3.05, 3.63) is 82.0 Å². The fraction of sp³-hybridized carbons (Fsp3) is 0.471. The highest BCUT2D eigenvalue weighted by molar-refractivity contribution is 5.94. The predicted molar refractivity (Wildman–Crippen MR) is 155 cm³/mol. The van der Waals surface area contributed by atoms with E-state index in [4.69, 9.17) is 18.9 Å². The number of carbonyl (C=O) groups excluding carboxylic acids is 4. The topological polar surface area (TPSA) is 146 Å². The molecule has 7 unspecified atom stereocenters. The fourth-order valence-electron chi connectivity index (χ4n) is 7.44. The summed E-state index contributed by atoms with van der Waals surface area (Å²) in [5.41, 5.74) is 2.72. The maximum absolute atomic E-state index is 13.5. The molecule has 1 saturated carbocycles. The van der Waals surface area contributed by atoms with E-state index >= 15 is 0 Å². The van der Waals surface area contributed by atoms with Gasteiger partial charge >= 0.3 is 23.9 Å². The van der Waals surface area contributed by atoms with Crippen molar-refractivity contribution in [2.75, 3.05) is 6.61 Å². The summed E-state index contributed by atoms with van der Waals surface area (Å²) < 4.78 is 23.2. The Kier molecular flexibility index (Phi) is 7.97. The molecule has 4 aliphatic carbocycles. The summed E-state index contributed by atoms with van der Waals surface area (Å²) in [6.07, 6.45) is 8.40. The Labute approximate surface area is 255 Å². The molecule has 0 aromatic heterocycles. The number of fused-ring (bicyclic) bond motifs is 1. The molecule has 0 radical (unpaired) electrons. The summed E-state index contributed by atoms with van der Waals surface area (Å²) in [7, 11) is 0. The lowest BCUT2D eigenvalue weighted by atomic mass is 9.42. The first-order chi connectivity index (χ1) is 20.7. The van der Waals surface area contributed by atoms with Crippen LogP contribution in [0.3, 0.4) is 0 Å². The molecule has 44 heavy (non-hydrogen) atoms. The maximum atomic E-state index is 13.5. The van der Waals surface area contributed by atoms with Crippen LogP contribution in [0.5, 0.6) is 0 Å². The zero-order chi connectivity index (χ0) is 32.0. The quantitative estimate of drug-likeness (QED) is 0.181. The molecule has 0 aromatic rings. The van der Waals surface area contributed by atoms with Gasteiger partial charge in [-0.05, 0) is 69.1 Å². The molecule has 0 amide bonds. The number of ether oxygens (including phenoxy) is 4. The molecule has 0 spiro atoms. The van der Waals surface area contributed by atoms with E-state index in [-0.39, 0.29) is 29.7 Å². The van der Waals surface area contributed by atoms with Gasteiger partial charge in [0.15, 0.2) is 12.2 Å². The average molecular weight is 605 g/mol. The highest BCUT2D eigenvalue weighted by Gasteiger charge is 2.73. The Morgan fingerprint density at radius 2 is 1.64 bits per heavy atom. The number of cyclic esters (lactones) is 1. The van der Waals surface area contributed by atoms with Gasteiger partial charge in [0.2, 0.25) is 5.76 Å². The van der Waals surface area contributed by atoms with Gasteiger partial charge in [0.25, 0.3) is 0 Å². The van der Waals surface area contributed by atoms with Crippen molar-refractivity contribution in [2.45, 2.75) is 77.8 Å². The number of allylic oxidation sites excluding steroid dienone is 3. The van der Waals surface area contributed by atoms with E-state index < -0.39 is 70.3 Å². The second kappa shape index (κ2) is 11.3. The van der Waals surface area contributed by atoms with E-state index in [9.17, 15) is 29.4 Å². The van der Waals surface area contributed by atoms with Crippen LogP contribution in [-0.2, 0) is 38.1 Å². The monoisotopic (exact) mass is 604 g/mol. The molecule has 10 nitrogen and oxygen atoms in total. The predicted octanol–water partition coefficient (Wildman–Crippen LogP) is 3.94. The van der Waals surface area contributed by atoms with Crippen molar-refractivity contribution in [1.82, 2.24) is 0 Å². The van der Waals surface area contributed by atoms with E-state index in [1.165, 1.54) is 32.1 Å². The van der Waals surface area contributed by atoms with Crippen molar-refractivity contribution in [3.8, 4) is 0 Å². The zero-order valence-electron chi connectivity index (χ0n) is 25.3. The molecule has 1 aliphatic heterocycles. The van der Waals surface area contributed by atoms with Gasteiger partial charge in [0, 0.05) is 29.7 Å². The zero-order valence-corrected chi connectivity index (χ0v) is 25.3. The molecular formula is C34H36O10. The lowest BCUT2D eigenvalue weighted by Gasteiger charge is -2.66. The van der Waals surface area contributed by atoms with Gasteiger partial charge in [-0.3, -0.25) is 4.79 Å². The molecule has 2 N–H and O–H groups in total. The summed E-state index contributed by atoms with van der Waals surface area (Å²) >= 11 is 0. The van der Waals surface area contributed by atoms with E-state index in [1.807, 2.05) is 19.9 Å². The molecule has 1 heterocycles. The number of hydrogen-bond acceptors (Lipinski definition) is 10. The summed E-state index contributed by atoms with van der Waals surface area (Å²) in [5, 5.41) is 23.2. The molecule has 5 aliphatic rings. The van der Waals surface area contributed by atoms with Gasteiger partial charge in [0.05, 0.1) is 11.1 Å². The first kappa shape index (κ1) is 31.1. The second-order valence-corrected chi connectivity index (χ2v) is 12.4. The summed E-state index contributed by atoms with van der Waals surface area (Å²) in [5.74, 6) is -4.06. The highest BCUT2D eigenvalue weighted by Crippen LogP contribution is 2.65. The molecule has 10 heteroatoms. The minimum atomic E-state index is -2.00. The van der Waals surface area contributed by atoms with Crippen LogP contribution >= 0.6 is 0 Å². The number of esters is 4. The lowest BCUT2D eigenvalue weighted by molar-refractivity contribution is -0.297. The third-order valence-corrected chi connectivity index (χ3v) is 10.2. The van der Waals surface area contributed by atoms with Crippen molar-refractivity contribution in [1.29, 1.82) is 0 Å². The van der Waals surface area contributed by atoms with Gasteiger partial charge in [-0.15, -0.1) is 11.5 Å². The second-order valence-electron chi connectivity index (χ2n) is 12.4. The lowest BCUT2D eigenvalue weighted by Crippen LogP contribution is -2.76. The van der Waals surface area contributed by atoms with Crippen molar-refractivity contribution < 1.29 is 48.3 Å². The summed E-state index contributed by atoms with van der Waals surface area (Å²) in [6, 6.07) is 0. The number of carbonyl (C=O) groups is 4. The fourth-order valence-corrected chi connectivity index (χ4v) is 7.44. The molecule has 0 bridgehead atoms. The average Bonchev–Trinajstić information content (AvgIpc) is 3.75. The van der Waals surface area contributed by atoms with E-state index in [2.05, 4.69) is 11.5 Å². The van der Waals surface area contributed by atoms with Crippen molar-refractivity contribution in [3.63, 3.8) is 0 Å². The molecule has 232 valence electrons. The van der Waals surface area contributed by atoms with Crippen LogP contribution in [-0.4, -0.2) is 64.6 Å². The van der Waals surface area contributed by atoms with Crippen LogP contribution in [0.2, 0.25) is 0 Å². The normalized spacial score (nSPS) is 34.2. The highest BCUT2D eigenvalue weighted by atomic mass is 16.6. The number of aliphatic hydroxyl groups excluding tert-OH is 1. The minimum absolute atomic E-state index is 0.134. The third kappa shape index (κ3) is 4.89.